The summed E-state index contributed by atoms with van der Waals surface area (Å²) in [6.07, 6.45) is 0. The third-order valence-electron chi connectivity index (χ3n) is 2.20. The summed E-state index contributed by atoms with van der Waals surface area (Å²) in [5, 5.41) is 8.68. The average Bonchev–Trinajstić information content (AvgIpc) is 2.34. The molecular formula is C13H9FN2O. The van der Waals surface area contributed by atoms with Crippen LogP contribution in [0.25, 0.3) is 0 Å². The van der Waals surface area contributed by atoms with Gasteiger partial charge in [0.1, 0.15) is 23.3 Å². The fourth-order valence-electron chi connectivity index (χ4n) is 1.29. The average molecular weight is 228 g/mol. The summed E-state index contributed by atoms with van der Waals surface area (Å²) < 4.78 is 18.6. The van der Waals surface area contributed by atoms with Crippen molar-refractivity contribution in [3.63, 3.8) is 0 Å². The number of rotatable bonds is 2. The van der Waals surface area contributed by atoms with Crippen LogP contribution in [-0.4, -0.2) is 4.98 Å². The molecule has 0 bridgehead atoms. The lowest BCUT2D eigenvalue weighted by Crippen LogP contribution is -1.91. The first-order valence-corrected chi connectivity index (χ1v) is 5.00. The summed E-state index contributed by atoms with van der Waals surface area (Å²) in [4.78, 5) is 3.93. The number of nitrogens with zero attached hydrogens (tertiary/aromatic N) is 2. The first kappa shape index (κ1) is 11.1. The third kappa shape index (κ3) is 2.58. The highest BCUT2D eigenvalue weighted by molar-refractivity contribution is 5.32. The molecule has 0 atom stereocenters. The highest BCUT2D eigenvalue weighted by Crippen LogP contribution is 2.21. The van der Waals surface area contributed by atoms with E-state index in [1.54, 1.807) is 37.3 Å². The van der Waals surface area contributed by atoms with E-state index in [4.69, 9.17) is 10.00 Å². The Balaban J connectivity index is 2.25. The number of benzene rings is 1. The predicted molar refractivity (Wildman–Crippen MR) is 60.2 cm³/mol. The summed E-state index contributed by atoms with van der Waals surface area (Å²) in [6, 6.07) is 11.3. The maximum Gasteiger partial charge on any atom is 0.220 e. The van der Waals surface area contributed by atoms with Crippen LogP contribution >= 0.6 is 0 Å². The molecule has 17 heavy (non-hydrogen) atoms. The Labute approximate surface area is 98.1 Å². The largest absolute Gasteiger partial charge is 0.439 e. The topological polar surface area (TPSA) is 45.9 Å². The van der Waals surface area contributed by atoms with Crippen LogP contribution in [0.5, 0.6) is 11.6 Å². The second-order valence-corrected chi connectivity index (χ2v) is 3.49. The van der Waals surface area contributed by atoms with Crippen molar-refractivity contribution in [1.82, 2.24) is 4.98 Å². The fourth-order valence-corrected chi connectivity index (χ4v) is 1.29. The molecule has 0 N–H and O–H groups in total. The summed E-state index contributed by atoms with van der Waals surface area (Å²) in [5.74, 6) is 0.293. The van der Waals surface area contributed by atoms with Crippen molar-refractivity contribution >= 4 is 0 Å². The smallest absolute Gasteiger partial charge is 0.220 e. The molecular weight excluding hydrogens is 219 g/mol. The molecule has 0 unspecified atom stereocenters. The van der Waals surface area contributed by atoms with Crippen molar-refractivity contribution in [3.05, 3.63) is 53.5 Å². The van der Waals surface area contributed by atoms with Crippen LogP contribution < -0.4 is 4.74 Å². The van der Waals surface area contributed by atoms with Crippen molar-refractivity contribution in [2.24, 2.45) is 0 Å². The minimum absolute atomic E-state index is 0.259. The number of nitriles is 1. The number of ether oxygens (including phenoxy) is 1. The van der Waals surface area contributed by atoms with Gasteiger partial charge in [-0.2, -0.15) is 5.26 Å². The first-order chi connectivity index (χ1) is 8.19. The van der Waals surface area contributed by atoms with Crippen LogP contribution in [-0.2, 0) is 0 Å². The highest BCUT2D eigenvalue weighted by Gasteiger charge is 2.03. The molecule has 0 aliphatic rings. The van der Waals surface area contributed by atoms with Crippen molar-refractivity contribution in [2.45, 2.75) is 6.92 Å². The molecule has 3 nitrogen and oxygen atoms in total. The van der Waals surface area contributed by atoms with Gasteiger partial charge < -0.3 is 4.74 Å². The lowest BCUT2D eigenvalue weighted by atomic mass is 10.2. The van der Waals surface area contributed by atoms with Crippen LogP contribution in [0.1, 0.15) is 11.3 Å². The molecule has 84 valence electrons. The summed E-state index contributed by atoms with van der Waals surface area (Å²) in [7, 11) is 0. The van der Waals surface area contributed by atoms with Crippen LogP contribution in [0.3, 0.4) is 0 Å². The standard InChI is InChI=1S/C13H9FN2O/c1-9-5-6-11(7-12(9)14)17-13-4-2-3-10(8-15)16-13/h2-7H,1H3. The van der Waals surface area contributed by atoms with Crippen molar-refractivity contribution in [1.29, 1.82) is 5.26 Å². The Hall–Kier alpha value is -2.41. The van der Waals surface area contributed by atoms with Gasteiger partial charge in [-0.1, -0.05) is 12.1 Å². The number of hydrogen-bond acceptors (Lipinski definition) is 3. The van der Waals surface area contributed by atoms with Crippen LogP contribution in [0.2, 0.25) is 0 Å². The van der Waals surface area contributed by atoms with Gasteiger partial charge in [0.2, 0.25) is 5.88 Å². The predicted octanol–water partition coefficient (Wildman–Crippen LogP) is 3.19. The van der Waals surface area contributed by atoms with E-state index in [9.17, 15) is 4.39 Å². The molecule has 0 saturated heterocycles. The second-order valence-electron chi connectivity index (χ2n) is 3.49. The quantitative estimate of drug-likeness (QED) is 0.792. The Morgan fingerprint density at radius 1 is 1.29 bits per heavy atom. The van der Waals surface area contributed by atoms with E-state index in [1.165, 1.54) is 6.07 Å². The molecule has 0 spiro atoms. The molecule has 0 fully saturated rings. The Morgan fingerprint density at radius 2 is 2.12 bits per heavy atom. The van der Waals surface area contributed by atoms with Crippen LogP contribution in [0, 0.1) is 24.1 Å². The second kappa shape index (κ2) is 4.62. The Kier molecular flexibility index (Phi) is 3.01. The summed E-state index contributed by atoms with van der Waals surface area (Å²) in [5.41, 5.74) is 0.811. The highest BCUT2D eigenvalue weighted by atomic mass is 19.1. The Bertz CT molecular complexity index is 590. The van der Waals surface area contributed by atoms with E-state index in [-0.39, 0.29) is 17.4 Å². The van der Waals surface area contributed by atoms with E-state index >= 15 is 0 Å². The zero-order valence-electron chi connectivity index (χ0n) is 9.14. The normalized spacial score (nSPS) is 9.71. The Morgan fingerprint density at radius 3 is 2.82 bits per heavy atom. The summed E-state index contributed by atoms with van der Waals surface area (Å²) >= 11 is 0. The number of aryl methyl sites for hydroxylation is 1. The maximum absolute atomic E-state index is 13.3. The fraction of sp³-hybridized carbons (Fsp3) is 0.0769. The van der Waals surface area contributed by atoms with Crippen LogP contribution in [0.4, 0.5) is 4.39 Å². The van der Waals surface area contributed by atoms with E-state index in [0.717, 1.165) is 0 Å². The number of pyridine rings is 1. The van der Waals surface area contributed by atoms with Crippen molar-refractivity contribution in [3.8, 4) is 17.7 Å². The number of aromatic nitrogens is 1. The third-order valence-corrected chi connectivity index (χ3v) is 2.20. The molecule has 1 aromatic heterocycles. The molecule has 0 radical (unpaired) electrons. The van der Waals surface area contributed by atoms with Gasteiger partial charge in [-0.15, -0.1) is 0 Å². The van der Waals surface area contributed by atoms with E-state index in [2.05, 4.69) is 4.98 Å². The van der Waals surface area contributed by atoms with Crippen LogP contribution in [0.15, 0.2) is 36.4 Å². The number of hydrogen-bond donors (Lipinski definition) is 0. The first-order valence-electron chi connectivity index (χ1n) is 5.00. The molecule has 0 aliphatic heterocycles. The molecule has 4 heteroatoms. The zero-order chi connectivity index (χ0) is 12.3. The summed E-state index contributed by atoms with van der Waals surface area (Å²) in [6.45, 7) is 1.67. The molecule has 0 aliphatic carbocycles. The van der Waals surface area contributed by atoms with Gasteiger partial charge in [-0.25, -0.2) is 9.37 Å². The van der Waals surface area contributed by atoms with Crippen molar-refractivity contribution < 1.29 is 9.13 Å². The van der Waals surface area contributed by atoms with Gasteiger partial charge in [0.25, 0.3) is 0 Å². The lowest BCUT2D eigenvalue weighted by Gasteiger charge is -2.05. The zero-order valence-corrected chi connectivity index (χ0v) is 9.14. The number of halogens is 1. The molecule has 2 rings (SSSR count). The molecule has 0 saturated carbocycles. The van der Waals surface area contributed by atoms with E-state index in [1.807, 2.05) is 6.07 Å². The van der Waals surface area contributed by atoms with Crippen molar-refractivity contribution in [2.75, 3.05) is 0 Å². The SMILES string of the molecule is Cc1ccc(Oc2cccc(C#N)n2)cc1F. The van der Waals surface area contributed by atoms with Gasteiger partial charge in [0.15, 0.2) is 0 Å². The van der Waals surface area contributed by atoms with Gasteiger partial charge in [0.05, 0.1) is 0 Å². The molecule has 1 aromatic carbocycles. The molecule has 2 aromatic rings. The van der Waals surface area contributed by atoms with Gasteiger partial charge in [0, 0.05) is 12.1 Å². The maximum atomic E-state index is 13.3. The molecule has 0 amide bonds. The minimum Gasteiger partial charge on any atom is -0.439 e. The lowest BCUT2D eigenvalue weighted by molar-refractivity contribution is 0.457. The van der Waals surface area contributed by atoms with E-state index < -0.39 is 0 Å². The monoisotopic (exact) mass is 228 g/mol. The molecule has 1 heterocycles. The van der Waals surface area contributed by atoms with Gasteiger partial charge in [-0.05, 0) is 24.6 Å². The van der Waals surface area contributed by atoms with Gasteiger partial charge in [-0.3, -0.25) is 0 Å². The van der Waals surface area contributed by atoms with Gasteiger partial charge >= 0.3 is 0 Å². The minimum atomic E-state index is -0.334. The van der Waals surface area contributed by atoms with E-state index in [0.29, 0.717) is 11.3 Å².